The predicted octanol–water partition coefficient (Wildman–Crippen LogP) is -0.101. The van der Waals surface area contributed by atoms with Crippen LogP contribution in [0, 0.1) is 5.41 Å². The Morgan fingerprint density at radius 1 is 1.47 bits per heavy atom. The van der Waals surface area contributed by atoms with Crippen molar-refractivity contribution in [3.05, 3.63) is 0 Å². The maximum Gasteiger partial charge on any atom is 0.242 e. The lowest BCUT2D eigenvalue weighted by atomic mass is 9.83. The van der Waals surface area contributed by atoms with Gasteiger partial charge in [0.05, 0.1) is 5.41 Å². The van der Waals surface area contributed by atoms with E-state index in [4.69, 9.17) is 5.73 Å². The molecule has 4 N–H and O–H groups in total. The van der Waals surface area contributed by atoms with Gasteiger partial charge in [-0.1, -0.05) is 6.42 Å². The van der Waals surface area contributed by atoms with E-state index >= 15 is 0 Å². The minimum atomic E-state index is -0.502. The summed E-state index contributed by atoms with van der Waals surface area (Å²) < 4.78 is 0. The molecule has 1 saturated heterocycles. The van der Waals surface area contributed by atoms with Gasteiger partial charge in [-0.2, -0.15) is 0 Å². The number of carbonyl (C=O) groups excluding carboxylic acids is 2. The van der Waals surface area contributed by atoms with Gasteiger partial charge in [0.25, 0.3) is 0 Å². The molecule has 0 aromatic heterocycles. The van der Waals surface area contributed by atoms with Gasteiger partial charge in [0.15, 0.2) is 0 Å². The van der Waals surface area contributed by atoms with Gasteiger partial charge in [0.2, 0.25) is 11.8 Å². The van der Waals surface area contributed by atoms with E-state index in [-0.39, 0.29) is 23.9 Å². The summed E-state index contributed by atoms with van der Waals surface area (Å²) in [6, 6.07) is -0.463. The van der Waals surface area contributed by atoms with Crippen LogP contribution in [0.4, 0.5) is 0 Å². The van der Waals surface area contributed by atoms with Gasteiger partial charge in [-0.15, -0.1) is 0 Å². The Kier molecular flexibility index (Phi) is 3.38. The molecule has 17 heavy (non-hydrogen) atoms. The number of nitrogens with one attached hydrogen (secondary N) is 2. The molecule has 1 aliphatic carbocycles. The van der Waals surface area contributed by atoms with Crippen molar-refractivity contribution in [2.45, 2.75) is 51.1 Å². The number of hydrogen-bond donors (Lipinski definition) is 3. The van der Waals surface area contributed by atoms with Crippen molar-refractivity contribution in [2.75, 3.05) is 6.54 Å². The Labute approximate surface area is 102 Å². The SMILES string of the molecule is CC1(C(=O)NC2CCCNC2=O)CCCC1N. The van der Waals surface area contributed by atoms with E-state index in [1.165, 1.54) is 0 Å². The second-order valence-electron chi connectivity index (χ2n) is 5.38. The molecule has 0 bridgehead atoms. The second kappa shape index (κ2) is 4.64. The molecular weight excluding hydrogens is 218 g/mol. The van der Waals surface area contributed by atoms with Gasteiger partial charge >= 0.3 is 0 Å². The molecule has 0 aromatic carbocycles. The zero-order valence-corrected chi connectivity index (χ0v) is 10.3. The molecule has 0 aromatic rings. The van der Waals surface area contributed by atoms with Gasteiger partial charge in [-0.05, 0) is 32.6 Å². The van der Waals surface area contributed by atoms with Gasteiger partial charge in [-0.3, -0.25) is 9.59 Å². The predicted molar refractivity (Wildman–Crippen MR) is 64.1 cm³/mol. The van der Waals surface area contributed by atoms with Gasteiger partial charge < -0.3 is 16.4 Å². The number of carbonyl (C=O) groups is 2. The molecule has 2 amide bonds. The first-order valence-electron chi connectivity index (χ1n) is 6.38. The summed E-state index contributed by atoms with van der Waals surface area (Å²) in [7, 11) is 0. The molecule has 1 heterocycles. The fourth-order valence-corrected chi connectivity index (χ4v) is 2.71. The molecule has 2 aliphatic rings. The lowest BCUT2D eigenvalue weighted by molar-refractivity contribution is -0.135. The molecule has 2 rings (SSSR count). The largest absolute Gasteiger partial charge is 0.354 e. The zero-order valence-electron chi connectivity index (χ0n) is 10.3. The van der Waals surface area contributed by atoms with Crippen molar-refractivity contribution in [3.8, 4) is 0 Å². The highest BCUT2D eigenvalue weighted by Crippen LogP contribution is 2.36. The van der Waals surface area contributed by atoms with Crippen LogP contribution in [0.5, 0.6) is 0 Å². The first-order chi connectivity index (χ1) is 8.04. The number of piperidine rings is 1. The molecule has 5 heteroatoms. The van der Waals surface area contributed by atoms with E-state index in [1.807, 2.05) is 6.92 Å². The minimum absolute atomic E-state index is 0.0652. The van der Waals surface area contributed by atoms with E-state index < -0.39 is 5.41 Å². The van der Waals surface area contributed by atoms with Gasteiger partial charge in [0.1, 0.15) is 6.04 Å². The van der Waals surface area contributed by atoms with Crippen molar-refractivity contribution in [1.82, 2.24) is 10.6 Å². The number of amides is 2. The maximum atomic E-state index is 12.2. The van der Waals surface area contributed by atoms with Crippen molar-refractivity contribution < 1.29 is 9.59 Å². The van der Waals surface area contributed by atoms with E-state index in [2.05, 4.69) is 10.6 Å². The number of nitrogens with two attached hydrogens (primary N) is 1. The maximum absolute atomic E-state index is 12.2. The van der Waals surface area contributed by atoms with Crippen molar-refractivity contribution in [1.29, 1.82) is 0 Å². The molecule has 5 nitrogen and oxygen atoms in total. The lowest BCUT2D eigenvalue weighted by Crippen LogP contribution is -2.55. The first kappa shape index (κ1) is 12.4. The Hall–Kier alpha value is -1.10. The van der Waals surface area contributed by atoms with Crippen LogP contribution in [-0.4, -0.2) is 30.4 Å². The second-order valence-corrected chi connectivity index (χ2v) is 5.38. The van der Waals surface area contributed by atoms with E-state index in [1.54, 1.807) is 0 Å². The molecule has 96 valence electrons. The summed E-state index contributed by atoms with van der Waals surface area (Å²) in [5, 5.41) is 5.62. The lowest BCUT2D eigenvalue weighted by Gasteiger charge is -2.31. The molecule has 0 spiro atoms. The molecule has 0 radical (unpaired) electrons. The summed E-state index contributed by atoms with van der Waals surface area (Å²) in [4.78, 5) is 23.8. The summed E-state index contributed by atoms with van der Waals surface area (Å²) >= 11 is 0. The highest BCUT2D eigenvalue weighted by molar-refractivity contribution is 5.90. The topological polar surface area (TPSA) is 84.2 Å². The molecular formula is C12H21N3O2. The van der Waals surface area contributed by atoms with Crippen LogP contribution >= 0.6 is 0 Å². The van der Waals surface area contributed by atoms with Crippen LogP contribution < -0.4 is 16.4 Å². The average molecular weight is 239 g/mol. The third kappa shape index (κ3) is 2.29. The Bertz CT molecular complexity index is 332. The monoisotopic (exact) mass is 239 g/mol. The van der Waals surface area contributed by atoms with Crippen molar-refractivity contribution in [2.24, 2.45) is 11.1 Å². The summed E-state index contributed by atoms with van der Waals surface area (Å²) in [6.45, 7) is 2.61. The van der Waals surface area contributed by atoms with Crippen LogP contribution in [0.3, 0.4) is 0 Å². The van der Waals surface area contributed by atoms with Crippen molar-refractivity contribution in [3.63, 3.8) is 0 Å². The molecule has 2 fully saturated rings. The fourth-order valence-electron chi connectivity index (χ4n) is 2.71. The fraction of sp³-hybridized carbons (Fsp3) is 0.833. The molecule has 1 aliphatic heterocycles. The summed E-state index contributed by atoms with van der Waals surface area (Å²) in [5.41, 5.74) is 5.49. The van der Waals surface area contributed by atoms with Crippen LogP contribution in [0.2, 0.25) is 0 Å². The Morgan fingerprint density at radius 3 is 2.82 bits per heavy atom. The Morgan fingerprint density at radius 2 is 2.24 bits per heavy atom. The van der Waals surface area contributed by atoms with Gasteiger partial charge in [-0.25, -0.2) is 0 Å². The number of rotatable bonds is 2. The van der Waals surface area contributed by atoms with E-state index in [0.717, 1.165) is 32.1 Å². The number of hydrogen-bond acceptors (Lipinski definition) is 3. The summed E-state index contributed by atoms with van der Waals surface area (Å²) in [5.74, 6) is -0.135. The highest BCUT2D eigenvalue weighted by Gasteiger charge is 2.44. The van der Waals surface area contributed by atoms with E-state index in [9.17, 15) is 9.59 Å². The Balaban J connectivity index is 1.98. The highest BCUT2D eigenvalue weighted by atomic mass is 16.2. The molecule has 3 unspecified atom stereocenters. The van der Waals surface area contributed by atoms with Crippen molar-refractivity contribution >= 4 is 11.8 Å². The molecule has 1 saturated carbocycles. The summed E-state index contributed by atoms with van der Waals surface area (Å²) in [6.07, 6.45) is 4.33. The third-order valence-electron chi connectivity index (χ3n) is 4.14. The van der Waals surface area contributed by atoms with Crippen LogP contribution in [0.15, 0.2) is 0 Å². The zero-order chi connectivity index (χ0) is 12.5. The quantitative estimate of drug-likeness (QED) is 0.629. The smallest absolute Gasteiger partial charge is 0.242 e. The minimum Gasteiger partial charge on any atom is -0.354 e. The van der Waals surface area contributed by atoms with Crippen LogP contribution in [0.1, 0.15) is 39.0 Å². The molecule has 3 atom stereocenters. The standard InChI is InChI=1S/C12H21N3O2/c1-12(6-2-5-9(12)13)11(17)15-8-4-3-7-14-10(8)16/h8-9H,2-7,13H2,1H3,(H,14,16)(H,15,17). The third-order valence-corrected chi connectivity index (χ3v) is 4.14. The van der Waals surface area contributed by atoms with Gasteiger partial charge in [0, 0.05) is 12.6 Å². The average Bonchev–Trinajstić information content (AvgIpc) is 2.64. The first-order valence-corrected chi connectivity index (χ1v) is 6.38. The van der Waals surface area contributed by atoms with Crippen LogP contribution in [0.25, 0.3) is 0 Å². The van der Waals surface area contributed by atoms with E-state index in [0.29, 0.717) is 6.54 Å². The van der Waals surface area contributed by atoms with Crippen LogP contribution in [-0.2, 0) is 9.59 Å². The normalized spacial score (nSPS) is 37.6.